The van der Waals surface area contributed by atoms with Crippen molar-refractivity contribution in [2.75, 3.05) is 37.6 Å². The summed E-state index contributed by atoms with van der Waals surface area (Å²) in [5.74, 6) is 0.949. The quantitative estimate of drug-likeness (QED) is 0.690. The molecule has 0 atom stereocenters. The number of aromatic nitrogens is 1. The summed E-state index contributed by atoms with van der Waals surface area (Å²) in [6.45, 7) is 9.54. The van der Waals surface area contributed by atoms with Crippen molar-refractivity contribution in [3.05, 3.63) is 47.9 Å². The van der Waals surface area contributed by atoms with E-state index in [1.54, 1.807) is 6.26 Å². The Kier molecular flexibility index (Phi) is 5.36. The largest absolute Gasteiger partial charge is 0.368 e. The molecule has 128 valence electrons. The Labute approximate surface area is 143 Å². The summed E-state index contributed by atoms with van der Waals surface area (Å²) >= 11 is 0. The Morgan fingerprint density at radius 2 is 2.08 bits per heavy atom. The van der Waals surface area contributed by atoms with Crippen molar-refractivity contribution in [3.8, 4) is 0 Å². The summed E-state index contributed by atoms with van der Waals surface area (Å²) in [6, 6.07) is 10.6. The van der Waals surface area contributed by atoms with E-state index in [0.29, 0.717) is 6.54 Å². The minimum atomic E-state index is 0.539. The highest BCUT2D eigenvalue weighted by Crippen LogP contribution is 2.17. The third kappa shape index (κ3) is 4.07. The van der Waals surface area contributed by atoms with Gasteiger partial charge in [0.2, 0.25) is 0 Å². The lowest BCUT2D eigenvalue weighted by Gasteiger charge is -2.37. The molecule has 2 aromatic rings. The van der Waals surface area contributed by atoms with Crippen molar-refractivity contribution >= 4 is 11.6 Å². The van der Waals surface area contributed by atoms with Crippen molar-refractivity contribution in [1.82, 2.24) is 15.4 Å². The highest BCUT2D eigenvalue weighted by Gasteiger charge is 2.19. The van der Waals surface area contributed by atoms with Crippen molar-refractivity contribution in [1.29, 1.82) is 0 Å². The fourth-order valence-corrected chi connectivity index (χ4v) is 2.90. The Bertz CT molecular complexity index is 660. The van der Waals surface area contributed by atoms with E-state index in [1.807, 2.05) is 6.07 Å². The zero-order chi connectivity index (χ0) is 16.8. The number of aliphatic imine (C=N–C) groups is 1. The molecule has 1 aliphatic heterocycles. The van der Waals surface area contributed by atoms with Crippen LogP contribution in [-0.2, 0) is 6.54 Å². The van der Waals surface area contributed by atoms with Crippen LogP contribution >= 0.6 is 0 Å². The van der Waals surface area contributed by atoms with E-state index in [-0.39, 0.29) is 0 Å². The van der Waals surface area contributed by atoms with Gasteiger partial charge < -0.3 is 19.6 Å². The molecule has 2 heterocycles. The van der Waals surface area contributed by atoms with Crippen LogP contribution in [0.25, 0.3) is 0 Å². The monoisotopic (exact) mass is 327 g/mol. The van der Waals surface area contributed by atoms with Crippen LogP contribution in [0.5, 0.6) is 0 Å². The molecule has 6 nitrogen and oxygen atoms in total. The summed E-state index contributed by atoms with van der Waals surface area (Å²) in [5, 5.41) is 7.29. The fourth-order valence-electron chi connectivity index (χ4n) is 2.90. The second-order valence-electron chi connectivity index (χ2n) is 5.97. The van der Waals surface area contributed by atoms with Gasteiger partial charge in [-0.05, 0) is 31.5 Å². The van der Waals surface area contributed by atoms with Gasteiger partial charge in [0.15, 0.2) is 5.96 Å². The summed E-state index contributed by atoms with van der Waals surface area (Å²) in [6.07, 6.45) is 1.58. The number of aryl methyl sites for hydroxylation is 1. The molecule has 1 aliphatic rings. The van der Waals surface area contributed by atoms with Crippen LogP contribution in [0.4, 0.5) is 5.69 Å². The van der Waals surface area contributed by atoms with Gasteiger partial charge in [0.25, 0.3) is 0 Å². The number of rotatable bonds is 4. The van der Waals surface area contributed by atoms with Gasteiger partial charge >= 0.3 is 0 Å². The molecule has 0 saturated carbocycles. The molecule has 0 amide bonds. The molecule has 1 aromatic carbocycles. The SMILES string of the molecule is CCNC(=NCc1ccon1)N1CCN(c2cccc(C)c2)CC1. The maximum Gasteiger partial charge on any atom is 0.194 e. The van der Waals surface area contributed by atoms with E-state index in [9.17, 15) is 0 Å². The zero-order valence-corrected chi connectivity index (χ0v) is 14.4. The van der Waals surface area contributed by atoms with Gasteiger partial charge in [-0.3, -0.25) is 0 Å². The lowest BCUT2D eigenvalue weighted by atomic mass is 10.2. The molecule has 1 fully saturated rings. The van der Waals surface area contributed by atoms with E-state index in [4.69, 9.17) is 4.52 Å². The Hall–Kier alpha value is -2.50. The first-order valence-corrected chi connectivity index (χ1v) is 8.50. The average molecular weight is 327 g/mol. The molecule has 0 spiro atoms. The lowest BCUT2D eigenvalue weighted by molar-refractivity contribution is 0.372. The molecule has 24 heavy (non-hydrogen) atoms. The number of nitrogens with zero attached hydrogens (tertiary/aromatic N) is 4. The molecular weight excluding hydrogens is 302 g/mol. The first-order chi connectivity index (χ1) is 11.8. The van der Waals surface area contributed by atoms with Crippen LogP contribution in [0.1, 0.15) is 18.2 Å². The molecule has 0 unspecified atom stereocenters. The highest BCUT2D eigenvalue weighted by molar-refractivity contribution is 5.80. The first kappa shape index (κ1) is 16.4. The summed E-state index contributed by atoms with van der Waals surface area (Å²) in [7, 11) is 0. The molecule has 0 aliphatic carbocycles. The Morgan fingerprint density at radius 1 is 1.25 bits per heavy atom. The third-order valence-electron chi connectivity index (χ3n) is 4.16. The molecule has 0 radical (unpaired) electrons. The minimum absolute atomic E-state index is 0.539. The average Bonchev–Trinajstić information content (AvgIpc) is 3.12. The normalized spacial score (nSPS) is 15.7. The molecule has 6 heteroatoms. The van der Waals surface area contributed by atoms with Crippen LogP contribution in [0.2, 0.25) is 0 Å². The van der Waals surface area contributed by atoms with Crippen molar-refractivity contribution < 1.29 is 4.52 Å². The van der Waals surface area contributed by atoms with Crippen molar-refractivity contribution in [3.63, 3.8) is 0 Å². The predicted molar refractivity (Wildman–Crippen MR) is 96.3 cm³/mol. The van der Waals surface area contributed by atoms with Gasteiger partial charge in [0.05, 0.1) is 6.54 Å². The summed E-state index contributed by atoms with van der Waals surface area (Å²) in [5.41, 5.74) is 3.46. The van der Waals surface area contributed by atoms with Crippen molar-refractivity contribution in [2.24, 2.45) is 4.99 Å². The summed E-state index contributed by atoms with van der Waals surface area (Å²) in [4.78, 5) is 9.43. The van der Waals surface area contributed by atoms with Gasteiger partial charge in [-0.15, -0.1) is 0 Å². The van der Waals surface area contributed by atoms with Crippen LogP contribution in [0, 0.1) is 6.92 Å². The molecule has 1 N–H and O–H groups in total. The number of nitrogens with one attached hydrogen (secondary N) is 1. The molecule has 1 saturated heterocycles. The van der Waals surface area contributed by atoms with Crippen LogP contribution < -0.4 is 10.2 Å². The second kappa shape index (κ2) is 7.86. The van der Waals surface area contributed by atoms with E-state index in [0.717, 1.165) is 44.4 Å². The number of anilines is 1. The number of piperazine rings is 1. The van der Waals surface area contributed by atoms with Gasteiger partial charge in [-0.1, -0.05) is 17.3 Å². The van der Waals surface area contributed by atoms with E-state index >= 15 is 0 Å². The molecule has 1 aromatic heterocycles. The summed E-state index contributed by atoms with van der Waals surface area (Å²) < 4.78 is 4.86. The standard InChI is InChI=1S/C18H25N5O/c1-3-19-18(20-14-16-7-12-24-21-16)23-10-8-22(9-11-23)17-6-4-5-15(2)13-17/h4-7,12-13H,3,8-11,14H2,1-2H3,(H,19,20). The lowest BCUT2D eigenvalue weighted by Crippen LogP contribution is -2.52. The first-order valence-electron chi connectivity index (χ1n) is 8.50. The molecule has 0 bridgehead atoms. The topological polar surface area (TPSA) is 56.9 Å². The van der Waals surface area contributed by atoms with E-state index in [2.05, 4.69) is 63.4 Å². The molecule has 3 rings (SSSR count). The maximum atomic E-state index is 4.86. The van der Waals surface area contributed by atoms with Gasteiger partial charge in [-0.2, -0.15) is 0 Å². The predicted octanol–water partition coefficient (Wildman–Crippen LogP) is 2.27. The maximum absolute atomic E-state index is 4.86. The smallest absolute Gasteiger partial charge is 0.194 e. The highest BCUT2D eigenvalue weighted by atomic mass is 16.5. The van der Waals surface area contributed by atoms with E-state index < -0.39 is 0 Å². The Balaban J connectivity index is 1.61. The van der Waals surface area contributed by atoms with E-state index in [1.165, 1.54) is 11.3 Å². The van der Waals surface area contributed by atoms with Gasteiger partial charge in [0.1, 0.15) is 12.0 Å². The second-order valence-corrected chi connectivity index (χ2v) is 5.97. The number of guanidine groups is 1. The zero-order valence-electron chi connectivity index (χ0n) is 14.4. The van der Waals surface area contributed by atoms with Gasteiger partial charge in [0, 0.05) is 44.5 Å². The van der Waals surface area contributed by atoms with Gasteiger partial charge in [-0.25, -0.2) is 4.99 Å². The Morgan fingerprint density at radius 3 is 2.75 bits per heavy atom. The number of hydrogen-bond acceptors (Lipinski definition) is 4. The minimum Gasteiger partial charge on any atom is -0.368 e. The number of hydrogen-bond donors (Lipinski definition) is 1. The fraction of sp³-hybridized carbons (Fsp3) is 0.444. The van der Waals surface area contributed by atoms with Crippen LogP contribution in [0.15, 0.2) is 46.1 Å². The number of benzene rings is 1. The van der Waals surface area contributed by atoms with Crippen LogP contribution in [-0.4, -0.2) is 48.7 Å². The van der Waals surface area contributed by atoms with Crippen LogP contribution in [0.3, 0.4) is 0 Å². The van der Waals surface area contributed by atoms with Crippen molar-refractivity contribution in [2.45, 2.75) is 20.4 Å². The third-order valence-corrected chi connectivity index (χ3v) is 4.16. The molecular formula is C18H25N5O.